The molecule has 26 heavy (non-hydrogen) atoms. The zero-order valence-electron chi connectivity index (χ0n) is 16.3. The Morgan fingerprint density at radius 1 is 1.15 bits per heavy atom. The summed E-state index contributed by atoms with van der Waals surface area (Å²) in [5, 5.41) is 6.71. The summed E-state index contributed by atoms with van der Waals surface area (Å²) in [6.45, 7) is 10.3. The SMILES string of the molecule is CN=C(NCCN1CCN(Cc2ccccc2)CC1)NC(C)COC.I. The molecule has 1 aromatic rings. The topological polar surface area (TPSA) is 52.1 Å². The third-order valence-electron chi connectivity index (χ3n) is 4.46. The maximum Gasteiger partial charge on any atom is 0.191 e. The number of nitrogens with zero attached hydrogens (tertiary/aromatic N) is 3. The smallest absolute Gasteiger partial charge is 0.191 e. The Hall–Kier alpha value is -0.900. The number of rotatable bonds is 8. The van der Waals surface area contributed by atoms with Crippen LogP contribution < -0.4 is 10.6 Å². The molecule has 1 atom stereocenters. The molecule has 0 saturated carbocycles. The van der Waals surface area contributed by atoms with Gasteiger partial charge >= 0.3 is 0 Å². The highest BCUT2D eigenvalue weighted by molar-refractivity contribution is 14.0. The van der Waals surface area contributed by atoms with Crippen LogP contribution in [0.3, 0.4) is 0 Å². The number of piperazine rings is 1. The van der Waals surface area contributed by atoms with Crippen molar-refractivity contribution in [3.8, 4) is 0 Å². The lowest BCUT2D eigenvalue weighted by atomic mass is 10.2. The molecular formula is C19H34IN5O. The van der Waals surface area contributed by atoms with Gasteiger partial charge in [-0.05, 0) is 12.5 Å². The van der Waals surface area contributed by atoms with Crippen LogP contribution in [0.1, 0.15) is 12.5 Å². The number of nitrogens with one attached hydrogen (secondary N) is 2. The van der Waals surface area contributed by atoms with Crippen molar-refractivity contribution in [3.05, 3.63) is 35.9 Å². The van der Waals surface area contributed by atoms with Gasteiger partial charge < -0.3 is 15.4 Å². The summed E-state index contributed by atoms with van der Waals surface area (Å²) in [5.41, 5.74) is 1.40. The molecule has 1 heterocycles. The van der Waals surface area contributed by atoms with Crippen molar-refractivity contribution < 1.29 is 4.74 Å². The van der Waals surface area contributed by atoms with Gasteiger partial charge in [0.2, 0.25) is 0 Å². The molecule has 0 aromatic heterocycles. The first-order valence-electron chi connectivity index (χ1n) is 9.16. The zero-order valence-corrected chi connectivity index (χ0v) is 18.6. The molecule has 0 aliphatic carbocycles. The van der Waals surface area contributed by atoms with Crippen LogP contribution >= 0.6 is 24.0 Å². The van der Waals surface area contributed by atoms with Crippen molar-refractivity contribution in [1.82, 2.24) is 20.4 Å². The normalized spacial score (nSPS) is 17.4. The highest BCUT2D eigenvalue weighted by Gasteiger charge is 2.16. The number of halogens is 1. The number of guanidine groups is 1. The Bertz CT molecular complexity index is 506. The number of ether oxygens (including phenoxy) is 1. The largest absolute Gasteiger partial charge is 0.383 e. The van der Waals surface area contributed by atoms with Crippen LogP contribution in [0.25, 0.3) is 0 Å². The summed E-state index contributed by atoms with van der Waals surface area (Å²) in [6.07, 6.45) is 0. The van der Waals surface area contributed by atoms with Crippen molar-refractivity contribution in [3.63, 3.8) is 0 Å². The first-order valence-corrected chi connectivity index (χ1v) is 9.16. The summed E-state index contributed by atoms with van der Waals surface area (Å²) in [7, 11) is 3.52. The lowest BCUT2D eigenvalue weighted by molar-refractivity contribution is 0.129. The maximum absolute atomic E-state index is 5.14. The van der Waals surface area contributed by atoms with Crippen molar-refractivity contribution in [2.75, 3.05) is 60.0 Å². The summed E-state index contributed by atoms with van der Waals surface area (Å²) >= 11 is 0. The van der Waals surface area contributed by atoms with Gasteiger partial charge in [-0.1, -0.05) is 30.3 Å². The average molecular weight is 475 g/mol. The Balaban J connectivity index is 0.00000338. The summed E-state index contributed by atoms with van der Waals surface area (Å²) < 4.78 is 5.14. The van der Waals surface area contributed by atoms with Crippen LogP contribution in [0.15, 0.2) is 35.3 Å². The van der Waals surface area contributed by atoms with E-state index in [1.165, 1.54) is 5.56 Å². The van der Waals surface area contributed by atoms with Crippen LogP contribution in [0.2, 0.25) is 0 Å². The monoisotopic (exact) mass is 475 g/mol. The molecule has 1 unspecified atom stereocenters. The standard InChI is InChI=1S/C19H33N5O.HI/c1-17(16-25-3)22-19(20-2)21-9-10-23-11-13-24(14-12-23)15-18-7-5-4-6-8-18;/h4-8,17H,9-16H2,1-3H3,(H2,20,21,22);1H. The lowest BCUT2D eigenvalue weighted by Gasteiger charge is -2.34. The molecular weight excluding hydrogens is 441 g/mol. The Labute approximate surface area is 175 Å². The van der Waals surface area contributed by atoms with E-state index in [2.05, 4.69) is 62.7 Å². The molecule has 1 fully saturated rings. The third kappa shape index (κ3) is 8.66. The molecule has 7 heteroatoms. The van der Waals surface area contributed by atoms with Gasteiger partial charge in [0.05, 0.1) is 6.61 Å². The van der Waals surface area contributed by atoms with E-state index in [1.54, 1.807) is 14.2 Å². The van der Waals surface area contributed by atoms with E-state index in [-0.39, 0.29) is 30.0 Å². The number of hydrogen-bond acceptors (Lipinski definition) is 4. The summed E-state index contributed by atoms with van der Waals surface area (Å²) in [5.74, 6) is 0.840. The van der Waals surface area contributed by atoms with Gasteiger partial charge in [0.15, 0.2) is 5.96 Å². The minimum atomic E-state index is 0. The molecule has 0 bridgehead atoms. The van der Waals surface area contributed by atoms with Crippen LogP contribution in [0.4, 0.5) is 0 Å². The predicted molar refractivity (Wildman–Crippen MR) is 119 cm³/mol. The lowest BCUT2D eigenvalue weighted by Crippen LogP contribution is -2.50. The third-order valence-corrected chi connectivity index (χ3v) is 4.46. The quantitative estimate of drug-likeness (QED) is 0.340. The van der Waals surface area contributed by atoms with E-state index in [4.69, 9.17) is 4.74 Å². The molecule has 0 radical (unpaired) electrons. The van der Waals surface area contributed by atoms with Gasteiger partial charge in [0.1, 0.15) is 0 Å². The number of aliphatic imine (C=N–C) groups is 1. The van der Waals surface area contributed by atoms with Crippen LogP contribution in [0.5, 0.6) is 0 Å². The second-order valence-corrected chi connectivity index (χ2v) is 6.60. The molecule has 1 aromatic carbocycles. The molecule has 0 spiro atoms. The Kier molecular flexibility index (Phi) is 11.8. The first kappa shape index (κ1) is 23.1. The summed E-state index contributed by atoms with van der Waals surface area (Å²) in [6, 6.07) is 11.0. The van der Waals surface area contributed by atoms with Crippen molar-refractivity contribution in [2.45, 2.75) is 19.5 Å². The maximum atomic E-state index is 5.14. The van der Waals surface area contributed by atoms with Gasteiger partial charge in [-0.3, -0.25) is 14.8 Å². The molecule has 148 valence electrons. The fourth-order valence-corrected chi connectivity index (χ4v) is 3.06. The van der Waals surface area contributed by atoms with E-state index in [0.717, 1.165) is 51.8 Å². The van der Waals surface area contributed by atoms with E-state index in [1.807, 2.05) is 0 Å². The molecule has 2 N–H and O–H groups in total. The summed E-state index contributed by atoms with van der Waals surface area (Å²) in [4.78, 5) is 9.31. The van der Waals surface area contributed by atoms with Crippen LogP contribution in [0, 0.1) is 0 Å². The second-order valence-electron chi connectivity index (χ2n) is 6.60. The Morgan fingerprint density at radius 2 is 1.81 bits per heavy atom. The fourth-order valence-electron chi connectivity index (χ4n) is 3.06. The van der Waals surface area contributed by atoms with Crippen molar-refractivity contribution in [1.29, 1.82) is 0 Å². The predicted octanol–water partition coefficient (Wildman–Crippen LogP) is 1.62. The second kappa shape index (κ2) is 13.3. The molecule has 0 amide bonds. The minimum Gasteiger partial charge on any atom is -0.383 e. The highest BCUT2D eigenvalue weighted by Crippen LogP contribution is 2.07. The van der Waals surface area contributed by atoms with E-state index in [9.17, 15) is 0 Å². The number of methoxy groups -OCH3 is 1. The minimum absolute atomic E-state index is 0. The van der Waals surface area contributed by atoms with Gasteiger partial charge in [-0.2, -0.15) is 0 Å². The van der Waals surface area contributed by atoms with Crippen LogP contribution in [-0.2, 0) is 11.3 Å². The van der Waals surface area contributed by atoms with Gasteiger partial charge in [-0.15, -0.1) is 24.0 Å². The van der Waals surface area contributed by atoms with E-state index in [0.29, 0.717) is 6.61 Å². The van der Waals surface area contributed by atoms with Gasteiger partial charge in [0, 0.05) is 66.0 Å². The molecule has 6 nitrogen and oxygen atoms in total. The van der Waals surface area contributed by atoms with E-state index >= 15 is 0 Å². The zero-order chi connectivity index (χ0) is 17.9. The molecule has 1 aliphatic heterocycles. The Morgan fingerprint density at radius 3 is 2.42 bits per heavy atom. The number of hydrogen-bond donors (Lipinski definition) is 2. The number of benzene rings is 1. The molecule has 2 rings (SSSR count). The van der Waals surface area contributed by atoms with E-state index < -0.39 is 0 Å². The molecule has 1 aliphatic rings. The highest BCUT2D eigenvalue weighted by atomic mass is 127. The van der Waals surface area contributed by atoms with Crippen molar-refractivity contribution in [2.24, 2.45) is 4.99 Å². The molecule has 1 saturated heterocycles. The fraction of sp³-hybridized carbons (Fsp3) is 0.632. The van der Waals surface area contributed by atoms with Gasteiger partial charge in [0.25, 0.3) is 0 Å². The average Bonchev–Trinajstić information content (AvgIpc) is 2.63. The van der Waals surface area contributed by atoms with Gasteiger partial charge in [-0.25, -0.2) is 0 Å². The van der Waals surface area contributed by atoms with Crippen molar-refractivity contribution >= 4 is 29.9 Å². The first-order chi connectivity index (χ1) is 12.2. The van der Waals surface area contributed by atoms with Crippen LogP contribution in [-0.4, -0.2) is 81.8 Å².